The standard InChI is InChI=1S/C27H34N4O5S2/c1-29(20-7-5-4-6-8-20)38(33,34)21-11-9-19(10-12-21)26(32)30-15-17-31(18-16-30)27-28-24-23(37-27)14-13-22(35-2)25(24)36-3/h9-14,20H,4-8,15-18H2,1-3H3. The second-order valence-electron chi connectivity index (χ2n) is 9.76. The number of nitrogens with zero attached hydrogens (tertiary/aromatic N) is 4. The number of sulfonamides is 1. The topological polar surface area (TPSA) is 92.3 Å². The van der Waals surface area contributed by atoms with Crippen molar-refractivity contribution in [1.82, 2.24) is 14.2 Å². The minimum absolute atomic E-state index is 0.0462. The predicted molar refractivity (Wildman–Crippen MR) is 149 cm³/mol. The molecule has 0 radical (unpaired) electrons. The Morgan fingerprint density at radius 2 is 1.66 bits per heavy atom. The van der Waals surface area contributed by atoms with Crippen molar-refractivity contribution >= 4 is 42.6 Å². The van der Waals surface area contributed by atoms with Crippen LogP contribution < -0.4 is 14.4 Å². The fourth-order valence-electron chi connectivity index (χ4n) is 5.29. The Morgan fingerprint density at radius 3 is 2.29 bits per heavy atom. The number of hydrogen-bond acceptors (Lipinski definition) is 8. The first kappa shape index (κ1) is 26.7. The Bertz CT molecular complexity index is 1390. The number of aromatic nitrogens is 1. The Labute approximate surface area is 228 Å². The second-order valence-corrected chi connectivity index (χ2v) is 12.8. The molecule has 2 aliphatic rings. The average molecular weight is 559 g/mol. The van der Waals surface area contributed by atoms with Crippen LogP contribution >= 0.6 is 11.3 Å². The lowest BCUT2D eigenvalue weighted by Crippen LogP contribution is -2.48. The minimum atomic E-state index is -3.59. The van der Waals surface area contributed by atoms with E-state index in [9.17, 15) is 13.2 Å². The van der Waals surface area contributed by atoms with Gasteiger partial charge < -0.3 is 19.3 Å². The third kappa shape index (κ3) is 5.06. The highest BCUT2D eigenvalue weighted by atomic mass is 32.2. The fraction of sp³-hybridized carbons (Fsp3) is 0.481. The Morgan fingerprint density at radius 1 is 0.974 bits per heavy atom. The molecule has 1 aliphatic heterocycles. The van der Waals surface area contributed by atoms with Crippen LogP contribution in [0.2, 0.25) is 0 Å². The number of carbonyl (C=O) groups excluding carboxylic acids is 1. The molecule has 2 heterocycles. The fourth-order valence-corrected chi connectivity index (χ4v) is 7.73. The highest BCUT2D eigenvalue weighted by Gasteiger charge is 2.30. The smallest absolute Gasteiger partial charge is 0.253 e. The van der Waals surface area contributed by atoms with Crippen molar-refractivity contribution in [3.63, 3.8) is 0 Å². The summed E-state index contributed by atoms with van der Waals surface area (Å²) in [5.41, 5.74) is 1.27. The molecule has 1 aliphatic carbocycles. The van der Waals surface area contributed by atoms with E-state index in [0.717, 1.165) is 41.0 Å². The first-order valence-corrected chi connectivity index (χ1v) is 15.2. The van der Waals surface area contributed by atoms with Gasteiger partial charge in [0, 0.05) is 44.8 Å². The van der Waals surface area contributed by atoms with Gasteiger partial charge in [-0.15, -0.1) is 0 Å². The zero-order valence-electron chi connectivity index (χ0n) is 22.1. The largest absolute Gasteiger partial charge is 0.493 e. The van der Waals surface area contributed by atoms with Crippen molar-refractivity contribution in [1.29, 1.82) is 0 Å². The van der Waals surface area contributed by atoms with E-state index in [2.05, 4.69) is 4.90 Å². The summed E-state index contributed by atoms with van der Waals surface area (Å²) in [6.07, 6.45) is 5.09. The molecule has 2 aromatic carbocycles. The number of carbonyl (C=O) groups is 1. The van der Waals surface area contributed by atoms with Crippen LogP contribution in [-0.2, 0) is 10.0 Å². The number of amides is 1. The molecule has 0 unspecified atom stereocenters. The number of fused-ring (bicyclic) bond motifs is 1. The van der Waals surface area contributed by atoms with Crippen LogP contribution in [0.5, 0.6) is 11.5 Å². The van der Waals surface area contributed by atoms with Gasteiger partial charge in [-0.1, -0.05) is 30.6 Å². The molecule has 3 aromatic rings. The summed E-state index contributed by atoms with van der Waals surface area (Å²) in [6, 6.07) is 10.3. The van der Waals surface area contributed by atoms with Crippen molar-refractivity contribution < 1.29 is 22.7 Å². The van der Waals surface area contributed by atoms with Crippen molar-refractivity contribution in [2.45, 2.75) is 43.0 Å². The first-order valence-electron chi connectivity index (χ1n) is 13.0. The molecule has 0 N–H and O–H groups in total. The van der Waals surface area contributed by atoms with E-state index in [-0.39, 0.29) is 16.8 Å². The number of ether oxygens (including phenoxy) is 2. The molecule has 2 fully saturated rings. The van der Waals surface area contributed by atoms with Crippen LogP contribution in [0.4, 0.5) is 5.13 Å². The maximum Gasteiger partial charge on any atom is 0.253 e. The predicted octanol–water partition coefficient (Wildman–Crippen LogP) is 4.23. The molecule has 0 bridgehead atoms. The Hall–Kier alpha value is -2.89. The third-order valence-electron chi connectivity index (χ3n) is 7.60. The maximum atomic E-state index is 13.2. The molecule has 0 spiro atoms. The van der Waals surface area contributed by atoms with Crippen LogP contribution in [0.1, 0.15) is 42.5 Å². The number of rotatable bonds is 7. The lowest BCUT2D eigenvalue weighted by molar-refractivity contribution is 0.0746. The monoisotopic (exact) mass is 558 g/mol. The average Bonchev–Trinajstić information content (AvgIpc) is 3.41. The number of anilines is 1. The van der Waals surface area contributed by atoms with Gasteiger partial charge in [-0.2, -0.15) is 4.31 Å². The molecule has 1 saturated carbocycles. The zero-order valence-corrected chi connectivity index (χ0v) is 23.7. The van der Waals surface area contributed by atoms with Crippen molar-refractivity contribution in [2.24, 2.45) is 0 Å². The number of hydrogen-bond donors (Lipinski definition) is 0. The number of benzene rings is 2. The molecule has 1 amide bonds. The van der Waals surface area contributed by atoms with Gasteiger partial charge in [0.25, 0.3) is 5.91 Å². The number of thiazole rings is 1. The molecule has 1 aromatic heterocycles. The van der Waals surface area contributed by atoms with Gasteiger partial charge >= 0.3 is 0 Å². The summed E-state index contributed by atoms with van der Waals surface area (Å²) >= 11 is 1.59. The van der Waals surface area contributed by atoms with Crippen molar-refractivity contribution in [2.75, 3.05) is 52.3 Å². The van der Waals surface area contributed by atoms with E-state index in [4.69, 9.17) is 14.5 Å². The SMILES string of the molecule is COc1ccc2sc(N3CCN(C(=O)c4ccc(S(=O)(=O)N(C)C5CCCCC5)cc4)CC3)nc2c1OC. The summed E-state index contributed by atoms with van der Waals surface area (Å²) in [5, 5.41) is 0.885. The van der Waals surface area contributed by atoms with Crippen molar-refractivity contribution in [3.8, 4) is 11.5 Å². The Balaban J connectivity index is 1.23. The molecule has 0 atom stereocenters. The molecule has 5 rings (SSSR count). The third-order valence-corrected chi connectivity index (χ3v) is 10.6. The molecule has 38 heavy (non-hydrogen) atoms. The van der Waals surface area contributed by atoms with Gasteiger partial charge in [0.1, 0.15) is 5.52 Å². The van der Waals surface area contributed by atoms with E-state index in [0.29, 0.717) is 43.2 Å². The quantitative estimate of drug-likeness (QED) is 0.429. The first-order chi connectivity index (χ1) is 18.3. The second kappa shape index (κ2) is 11.1. The van der Waals surface area contributed by atoms with Crippen LogP contribution in [0.25, 0.3) is 10.2 Å². The summed E-state index contributed by atoms with van der Waals surface area (Å²) in [4.78, 5) is 22.2. The minimum Gasteiger partial charge on any atom is -0.493 e. The van der Waals surface area contributed by atoms with E-state index in [1.54, 1.807) is 56.9 Å². The van der Waals surface area contributed by atoms with Crippen LogP contribution in [0.15, 0.2) is 41.3 Å². The van der Waals surface area contributed by atoms with Gasteiger partial charge in [-0.25, -0.2) is 13.4 Å². The molecule has 11 heteroatoms. The summed E-state index contributed by atoms with van der Waals surface area (Å²) < 4.78 is 39.7. The number of piperazine rings is 1. The molecule has 204 valence electrons. The highest BCUT2D eigenvalue weighted by Crippen LogP contribution is 2.40. The zero-order chi connectivity index (χ0) is 26.9. The maximum absolute atomic E-state index is 13.2. The van der Waals surface area contributed by atoms with E-state index < -0.39 is 10.0 Å². The summed E-state index contributed by atoms with van der Waals surface area (Å²) in [5.74, 6) is 1.17. The molecule has 1 saturated heterocycles. The van der Waals surface area contributed by atoms with Gasteiger partial charge in [0.15, 0.2) is 16.6 Å². The number of methoxy groups -OCH3 is 2. The van der Waals surface area contributed by atoms with Crippen molar-refractivity contribution in [3.05, 3.63) is 42.0 Å². The summed E-state index contributed by atoms with van der Waals surface area (Å²) in [7, 11) is 1.30. The van der Waals surface area contributed by atoms with Crippen LogP contribution in [0.3, 0.4) is 0 Å². The van der Waals surface area contributed by atoms with E-state index >= 15 is 0 Å². The van der Waals surface area contributed by atoms with Gasteiger partial charge in [0.2, 0.25) is 10.0 Å². The molecule has 9 nitrogen and oxygen atoms in total. The van der Waals surface area contributed by atoms with Gasteiger partial charge in [-0.3, -0.25) is 4.79 Å². The van der Waals surface area contributed by atoms with Gasteiger partial charge in [0.05, 0.1) is 23.8 Å². The summed E-state index contributed by atoms with van der Waals surface area (Å²) in [6.45, 7) is 2.42. The highest BCUT2D eigenvalue weighted by molar-refractivity contribution is 7.89. The molecular formula is C27H34N4O5S2. The van der Waals surface area contributed by atoms with Crippen LogP contribution in [0, 0.1) is 0 Å². The van der Waals surface area contributed by atoms with Crippen LogP contribution in [-0.4, -0.2) is 82.0 Å². The molecular weight excluding hydrogens is 524 g/mol. The lowest BCUT2D eigenvalue weighted by Gasteiger charge is -2.34. The normalized spacial score (nSPS) is 17.3. The van der Waals surface area contributed by atoms with E-state index in [1.165, 1.54) is 10.7 Å². The lowest BCUT2D eigenvalue weighted by atomic mass is 9.96. The van der Waals surface area contributed by atoms with Gasteiger partial charge in [-0.05, 0) is 49.2 Å². The van der Waals surface area contributed by atoms with E-state index in [1.807, 2.05) is 17.0 Å². The Kier molecular flexibility index (Phi) is 7.78.